The van der Waals surface area contributed by atoms with Crippen LogP contribution in [0.15, 0.2) is 84.9 Å². The summed E-state index contributed by atoms with van der Waals surface area (Å²) in [5.41, 5.74) is 3.89. The van der Waals surface area contributed by atoms with Crippen LogP contribution in [0.4, 0.5) is 0 Å². The Morgan fingerprint density at radius 2 is 1.61 bits per heavy atom. The normalized spacial score (nSPS) is 11.9. The van der Waals surface area contributed by atoms with Gasteiger partial charge in [-0.05, 0) is 30.7 Å². The van der Waals surface area contributed by atoms with Crippen molar-refractivity contribution in [2.45, 2.75) is 13.0 Å². The Bertz CT molecular complexity index is 1140. The van der Waals surface area contributed by atoms with Crippen LogP contribution in [0.5, 0.6) is 0 Å². The summed E-state index contributed by atoms with van der Waals surface area (Å²) in [5.74, 6) is -0.136. The first-order chi connectivity index (χ1) is 13.6. The van der Waals surface area contributed by atoms with E-state index in [1.807, 2.05) is 91.9 Å². The van der Waals surface area contributed by atoms with E-state index in [1.165, 1.54) is 0 Å². The summed E-state index contributed by atoms with van der Waals surface area (Å²) in [4.78, 5) is 17.9. The molecule has 1 amide bonds. The van der Waals surface area contributed by atoms with E-state index in [0.717, 1.165) is 22.0 Å². The van der Waals surface area contributed by atoms with Crippen molar-refractivity contribution in [1.82, 2.24) is 10.3 Å². The van der Waals surface area contributed by atoms with Crippen LogP contribution in [0, 0.1) is 0 Å². The number of amides is 1. The number of carbonyl (C=O) groups excluding carboxylic acids is 1. The third kappa shape index (κ3) is 3.62. The molecule has 0 aliphatic carbocycles. The summed E-state index contributed by atoms with van der Waals surface area (Å²) in [6.07, 6.45) is 0. The third-order valence-corrected chi connectivity index (χ3v) is 5.09. The predicted molar refractivity (Wildman–Crippen MR) is 115 cm³/mol. The summed E-state index contributed by atoms with van der Waals surface area (Å²) in [7, 11) is 0. The molecule has 138 valence electrons. The van der Waals surface area contributed by atoms with Crippen LogP contribution in [-0.4, -0.2) is 10.9 Å². The average Bonchev–Trinajstić information content (AvgIpc) is 2.74. The Labute approximate surface area is 169 Å². The summed E-state index contributed by atoms with van der Waals surface area (Å²) < 4.78 is 0. The van der Waals surface area contributed by atoms with E-state index < -0.39 is 0 Å². The molecule has 0 aliphatic rings. The Kier molecular flexibility index (Phi) is 5.09. The smallest absolute Gasteiger partial charge is 0.252 e. The summed E-state index contributed by atoms with van der Waals surface area (Å²) in [6, 6.07) is 26.8. The highest BCUT2D eigenvalue weighted by Gasteiger charge is 2.17. The summed E-state index contributed by atoms with van der Waals surface area (Å²) in [5, 5.41) is 4.52. The van der Waals surface area contributed by atoms with Crippen molar-refractivity contribution in [3.05, 3.63) is 101 Å². The lowest BCUT2D eigenvalue weighted by Crippen LogP contribution is -2.27. The number of aromatic nitrogens is 1. The number of nitrogens with zero attached hydrogens (tertiary/aromatic N) is 1. The monoisotopic (exact) mass is 386 g/mol. The van der Waals surface area contributed by atoms with Crippen LogP contribution in [0.25, 0.3) is 22.2 Å². The topological polar surface area (TPSA) is 42.0 Å². The number of hydrogen-bond donors (Lipinski definition) is 1. The summed E-state index contributed by atoms with van der Waals surface area (Å²) >= 11 is 6.37. The number of para-hydroxylation sites is 1. The number of nitrogens with one attached hydrogen (secondary N) is 1. The van der Waals surface area contributed by atoms with Crippen LogP contribution in [-0.2, 0) is 0 Å². The first-order valence-corrected chi connectivity index (χ1v) is 9.52. The molecule has 0 saturated heterocycles. The number of pyridine rings is 1. The number of benzene rings is 3. The second kappa shape index (κ2) is 7.83. The van der Waals surface area contributed by atoms with Gasteiger partial charge in [0.25, 0.3) is 5.91 Å². The molecule has 0 aliphatic heterocycles. The fourth-order valence-electron chi connectivity index (χ4n) is 3.27. The molecule has 0 fully saturated rings. The van der Waals surface area contributed by atoms with E-state index in [9.17, 15) is 4.79 Å². The van der Waals surface area contributed by atoms with E-state index >= 15 is 0 Å². The lowest BCUT2D eigenvalue weighted by molar-refractivity contribution is 0.0941. The van der Waals surface area contributed by atoms with Gasteiger partial charge in [-0.1, -0.05) is 78.3 Å². The quantitative estimate of drug-likeness (QED) is 0.464. The van der Waals surface area contributed by atoms with Gasteiger partial charge >= 0.3 is 0 Å². The van der Waals surface area contributed by atoms with E-state index in [0.29, 0.717) is 16.3 Å². The summed E-state index contributed by atoms with van der Waals surface area (Å²) in [6.45, 7) is 1.98. The number of halogens is 1. The van der Waals surface area contributed by atoms with Crippen LogP contribution >= 0.6 is 11.6 Å². The molecule has 0 unspecified atom stereocenters. The van der Waals surface area contributed by atoms with Gasteiger partial charge in [0, 0.05) is 16.0 Å². The highest BCUT2D eigenvalue weighted by atomic mass is 35.5. The molecular weight excluding hydrogens is 368 g/mol. The maximum absolute atomic E-state index is 13.1. The first-order valence-electron chi connectivity index (χ1n) is 9.14. The van der Waals surface area contributed by atoms with Gasteiger partial charge in [-0.3, -0.25) is 4.79 Å². The molecule has 4 heteroatoms. The standard InChI is InChI=1S/C24H19ClN2O/c1-16(17-9-3-2-4-10-17)26-24(28)20-15-23(19-12-5-7-13-21(19)25)27-22-14-8-6-11-18(20)22/h2-16H,1H3,(H,26,28)/t16-/m0/s1. The molecule has 3 aromatic carbocycles. The van der Waals surface area contributed by atoms with Gasteiger partial charge in [-0.25, -0.2) is 4.98 Å². The lowest BCUT2D eigenvalue weighted by Gasteiger charge is -2.16. The SMILES string of the molecule is C[C@H](NC(=O)c1cc(-c2ccccc2Cl)nc2ccccc12)c1ccccc1. The van der Waals surface area contributed by atoms with Gasteiger partial charge in [-0.2, -0.15) is 0 Å². The van der Waals surface area contributed by atoms with Gasteiger partial charge < -0.3 is 5.32 Å². The molecule has 1 aromatic heterocycles. The van der Waals surface area contributed by atoms with Crippen molar-refractivity contribution in [3.63, 3.8) is 0 Å². The van der Waals surface area contributed by atoms with Crippen molar-refractivity contribution in [2.75, 3.05) is 0 Å². The van der Waals surface area contributed by atoms with Crippen LogP contribution < -0.4 is 5.32 Å². The number of fused-ring (bicyclic) bond motifs is 1. The Balaban J connectivity index is 1.77. The van der Waals surface area contributed by atoms with Crippen LogP contribution in [0.1, 0.15) is 28.9 Å². The molecule has 1 heterocycles. The lowest BCUT2D eigenvalue weighted by atomic mass is 10.0. The zero-order valence-corrected chi connectivity index (χ0v) is 16.1. The van der Waals surface area contributed by atoms with E-state index in [1.54, 1.807) is 0 Å². The highest BCUT2D eigenvalue weighted by Crippen LogP contribution is 2.30. The Morgan fingerprint density at radius 3 is 2.39 bits per heavy atom. The first kappa shape index (κ1) is 18.2. The fourth-order valence-corrected chi connectivity index (χ4v) is 3.50. The minimum Gasteiger partial charge on any atom is -0.345 e. The molecule has 3 nitrogen and oxygen atoms in total. The molecule has 0 spiro atoms. The number of rotatable bonds is 4. The average molecular weight is 387 g/mol. The highest BCUT2D eigenvalue weighted by molar-refractivity contribution is 6.33. The maximum atomic E-state index is 13.1. The van der Waals surface area contributed by atoms with Crippen molar-refractivity contribution in [2.24, 2.45) is 0 Å². The van der Waals surface area contributed by atoms with E-state index in [2.05, 4.69) is 5.32 Å². The minimum atomic E-state index is -0.136. The molecule has 1 atom stereocenters. The van der Waals surface area contributed by atoms with Crippen LogP contribution in [0.3, 0.4) is 0 Å². The molecule has 28 heavy (non-hydrogen) atoms. The number of carbonyl (C=O) groups is 1. The molecule has 0 bridgehead atoms. The predicted octanol–water partition coefficient (Wildman–Crippen LogP) is 6.05. The minimum absolute atomic E-state index is 0.107. The molecule has 1 N–H and O–H groups in total. The molecule has 0 radical (unpaired) electrons. The second-order valence-corrected chi connectivity index (χ2v) is 7.07. The zero-order chi connectivity index (χ0) is 19.5. The molecule has 4 rings (SSSR count). The van der Waals surface area contributed by atoms with Crippen molar-refractivity contribution in [3.8, 4) is 11.3 Å². The Morgan fingerprint density at radius 1 is 0.929 bits per heavy atom. The van der Waals surface area contributed by atoms with Crippen molar-refractivity contribution >= 4 is 28.4 Å². The van der Waals surface area contributed by atoms with Gasteiger partial charge in [0.05, 0.1) is 22.8 Å². The van der Waals surface area contributed by atoms with Gasteiger partial charge in [0.1, 0.15) is 0 Å². The third-order valence-electron chi connectivity index (χ3n) is 4.76. The number of hydrogen-bond acceptors (Lipinski definition) is 2. The van der Waals surface area contributed by atoms with Gasteiger partial charge in [-0.15, -0.1) is 0 Å². The van der Waals surface area contributed by atoms with Crippen molar-refractivity contribution in [1.29, 1.82) is 0 Å². The van der Waals surface area contributed by atoms with Gasteiger partial charge in [0.2, 0.25) is 0 Å². The Hall–Kier alpha value is -3.17. The molecule has 4 aromatic rings. The van der Waals surface area contributed by atoms with E-state index in [-0.39, 0.29) is 11.9 Å². The van der Waals surface area contributed by atoms with Crippen LogP contribution in [0.2, 0.25) is 5.02 Å². The molecular formula is C24H19ClN2O. The molecule has 0 saturated carbocycles. The maximum Gasteiger partial charge on any atom is 0.252 e. The fraction of sp³-hybridized carbons (Fsp3) is 0.0833. The second-order valence-electron chi connectivity index (χ2n) is 6.66. The largest absolute Gasteiger partial charge is 0.345 e. The van der Waals surface area contributed by atoms with Crippen molar-refractivity contribution < 1.29 is 4.79 Å². The van der Waals surface area contributed by atoms with E-state index in [4.69, 9.17) is 16.6 Å². The van der Waals surface area contributed by atoms with Gasteiger partial charge in [0.15, 0.2) is 0 Å². The zero-order valence-electron chi connectivity index (χ0n) is 15.4.